The number of anilines is 1. The highest BCUT2D eigenvalue weighted by Gasteiger charge is 2.26. The minimum Gasteiger partial charge on any atom is -0.496 e. The molecule has 1 unspecified atom stereocenters. The molecule has 1 amide bonds. The van der Waals surface area contributed by atoms with Crippen LogP contribution in [0.25, 0.3) is 11.4 Å². The summed E-state index contributed by atoms with van der Waals surface area (Å²) in [6.07, 6.45) is 1.79. The molecule has 0 saturated carbocycles. The summed E-state index contributed by atoms with van der Waals surface area (Å²) < 4.78 is 7.48. The van der Waals surface area contributed by atoms with E-state index < -0.39 is 5.25 Å². The predicted molar refractivity (Wildman–Crippen MR) is 137 cm³/mol. The number of nitrogens with zero attached hydrogens (tertiary/aromatic N) is 3. The molecule has 172 valence electrons. The lowest BCUT2D eigenvalue weighted by Gasteiger charge is -2.17. The van der Waals surface area contributed by atoms with Crippen molar-refractivity contribution in [1.82, 2.24) is 14.8 Å². The van der Waals surface area contributed by atoms with E-state index in [1.807, 2.05) is 90.4 Å². The third-order valence-electron chi connectivity index (χ3n) is 5.26. The first-order chi connectivity index (χ1) is 16.6. The van der Waals surface area contributed by atoms with Gasteiger partial charge in [-0.05, 0) is 36.8 Å². The minimum atomic E-state index is -0.527. The summed E-state index contributed by atoms with van der Waals surface area (Å²) in [5, 5.41) is 12.0. The number of carbonyl (C=O) groups is 1. The minimum absolute atomic E-state index is 0.132. The van der Waals surface area contributed by atoms with E-state index in [1.165, 1.54) is 11.8 Å². The Kier molecular flexibility index (Phi) is 7.44. The molecular weight excluding hydrogens is 444 g/mol. The molecule has 0 fully saturated rings. The van der Waals surface area contributed by atoms with Crippen LogP contribution in [0, 0.1) is 6.92 Å². The van der Waals surface area contributed by atoms with Crippen molar-refractivity contribution in [3.8, 4) is 17.1 Å². The van der Waals surface area contributed by atoms with Crippen LogP contribution in [0.3, 0.4) is 0 Å². The summed E-state index contributed by atoms with van der Waals surface area (Å²) in [7, 11) is 1.63. The Morgan fingerprint density at radius 1 is 1.06 bits per heavy atom. The zero-order valence-electron chi connectivity index (χ0n) is 19.1. The number of benzene rings is 3. The van der Waals surface area contributed by atoms with Gasteiger partial charge in [-0.15, -0.1) is 16.8 Å². The number of hydrogen-bond donors (Lipinski definition) is 1. The molecule has 6 nitrogen and oxygen atoms in total. The topological polar surface area (TPSA) is 69.0 Å². The fraction of sp³-hybridized carbons (Fsp3) is 0.148. The Balaban J connectivity index is 1.70. The van der Waals surface area contributed by atoms with Crippen LogP contribution in [-0.2, 0) is 11.3 Å². The van der Waals surface area contributed by atoms with Gasteiger partial charge in [-0.3, -0.25) is 9.36 Å². The van der Waals surface area contributed by atoms with E-state index in [1.54, 1.807) is 13.2 Å². The highest BCUT2D eigenvalue weighted by atomic mass is 32.2. The van der Waals surface area contributed by atoms with Gasteiger partial charge in [-0.1, -0.05) is 78.0 Å². The highest BCUT2D eigenvalue weighted by molar-refractivity contribution is 8.00. The zero-order chi connectivity index (χ0) is 23.9. The maximum atomic E-state index is 13.4. The SMILES string of the molecule is C=CCn1c(SC(C(=O)Nc2ccc(C)cc2)c2ccccc2)nnc1-c1ccccc1OC. The normalized spacial score (nSPS) is 11.6. The molecule has 0 saturated heterocycles. The van der Waals surface area contributed by atoms with Gasteiger partial charge in [0, 0.05) is 12.2 Å². The molecule has 4 rings (SSSR count). The molecule has 0 aliphatic heterocycles. The summed E-state index contributed by atoms with van der Waals surface area (Å²) in [5.41, 5.74) is 3.59. The summed E-state index contributed by atoms with van der Waals surface area (Å²) in [5.74, 6) is 1.23. The van der Waals surface area contributed by atoms with Gasteiger partial charge >= 0.3 is 0 Å². The van der Waals surface area contributed by atoms with E-state index in [0.29, 0.717) is 23.3 Å². The lowest BCUT2D eigenvalue weighted by Crippen LogP contribution is -2.19. The second-order valence-corrected chi connectivity index (χ2v) is 8.74. The quantitative estimate of drug-likeness (QED) is 0.243. The first kappa shape index (κ1) is 23.3. The number of ether oxygens (including phenoxy) is 1. The summed E-state index contributed by atoms with van der Waals surface area (Å²) in [6, 6.07) is 25.1. The maximum Gasteiger partial charge on any atom is 0.242 e. The fourth-order valence-corrected chi connectivity index (χ4v) is 4.60. The Morgan fingerprint density at radius 2 is 1.76 bits per heavy atom. The van der Waals surface area contributed by atoms with Crippen LogP contribution in [0.4, 0.5) is 5.69 Å². The molecule has 0 spiro atoms. The monoisotopic (exact) mass is 470 g/mol. The van der Waals surface area contributed by atoms with E-state index >= 15 is 0 Å². The van der Waals surface area contributed by atoms with E-state index in [0.717, 1.165) is 22.4 Å². The van der Waals surface area contributed by atoms with Crippen molar-refractivity contribution in [3.63, 3.8) is 0 Å². The van der Waals surface area contributed by atoms with E-state index in [4.69, 9.17) is 4.74 Å². The van der Waals surface area contributed by atoms with E-state index in [2.05, 4.69) is 22.1 Å². The molecule has 0 radical (unpaired) electrons. The largest absolute Gasteiger partial charge is 0.496 e. The number of allylic oxidation sites excluding steroid dienone is 1. The van der Waals surface area contributed by atoms with Gasteiger partial charge in [0.2, 0.25) is 5.91 Å². The van der Waals surface area contributed by atoms with Gasteiger partial charge in [0.1, 0.15) is 11.0 Å². The molecule has 1 aromatic heterocycles. The predicted octanol–water partition coefficient (Wildman–Crippen LogP) is 5.92. The van der Waals surface area contributed by atoms with Crippen LogP contribution in [0.2, 0.25) is 0 Å². The smallest absolute Gasteiger partial charge is 0.242 e. The second-order valence-electron chi connectivity index (χ2n) is 7.67. The average Bonchev–Trinajstić information content (AvgIpc) is 3.26. The third kappa shape index (κ3) is 5.21. The first-order valence-electron chi connectivity index (χ1n) is 10.9. The van der Waals surface area contributed by atoms with Crippen molar-refractivity contribution >= 4 is 23.4 Å². The number of aromatic nitrogens is 3. The summed E-state index contributed by atoms with van der Waals surface area (Å²) in [4.78, 5) is 13.4. The number of carbonyl (C=O) groups excluding carboxylic acids is 1. The standard InChI is InChI=1S/C27H26N4O2S/c1-4-18-31-25(22-12-8-9-13-23(22)33-3)29-30-27(31)34-24(20-10-6-5-7-11-20)26(32)28-21-16-14-19(2)15-17-21/h4-17,24H,1,18H2,2-3H3,(H,28,32). The molecule has 0 aliphatic rings. The Bertz CT molecular complexity index is 1270. The molecule has 1 N–H and O–H groups in total. The van der Waals surface area contributed by atoms with Crippen LogP contribution in [0.15, 0.2) is 96.7 Å². The van der Waals surface area contributed by atoms with Crippen molar-refractivity contribution < 1.29 is 9.53 Å². The maximum absolute atomic E-state index is 13.4. The van der Waals surface area contributed by atoms with E-state index in [9.17, 15) is 4.79 Å². The number of hydrogen-bond acceptors (Lipinski definition) is 5. The van der Waals surface area contributed by atoms with Crippen LogP contribution in [0.1, 0.15) is 16.4 Å². The molecule has 0 bridgehead atoms. The van der Waals surface area contributed by atoms with Crippen LogP contribution >= 0.6 is 11.8 Å². The van der Waals surface area contributed by atoms with Crippen LogP contribution in [0.5, 0.6) is 5.75 Å². The molecule has 1 atom stereocenters. The van der Waals surface area contributed by atoms with Crippen LogP contribution in [-0.4, -0.2) is 27.8 Å². The van der Waals surface area contributed by atoms with Crippen molar-refractivity contribution in [2.75, 3.05) is 12.4 Å². The molecule has 7 heteroatoms. The van der Waals surface area contributed by atoms with Gasteiger partial charge < -0.3 is 10.1 Å². The number of aryl methyl sites for hydroxylation is 1. The number of para-hydroxylation sites is 1. The first-order valence-corrected chi connectivity index (χ1v) is 11.7. The van der Waals surface area contributed by atoms with Crippen LogP contribution < -0.4 is 10.1 Å². The number of nitrogens with one attached hydrogen (secondary N) is 1. The number of methoxy groups -OCH3 is 1. The summed E-state index contributed by atoms with van der Waals surface area (Å²) in [6.45, 7) is 6.40. The van der Waals surface area contributed by atoms with E-state index in [-0.39, 0.29) is 5.91 Å². The molecule has 3 aromatic carbocycles. The van der Waals surface area contributed by atoms with Crippen molar-refractivity contribution in [1.29, 1.82) is 0 Å². The molecular formula is C27H26N4O2S. The van der Waals surface area contributed by atoms with Gasteiger partial charge in [0.05, 0.1) is 12.7 Å². The Hall–Kier alpha value is -3.84. The molecule has 4 aromatic rings. The molecule has 1 heterocycles. The third-order valence-corrected chi connectivity index (χ3v) is 6.49. The Labute approximate surface area is 203 Å². The van der Waals surface area contributed by atoms with Gasteiger partial charge in [-0.2, -0.15) is 0 Å². The number of amides is 1. The van der Waals surface area contributed by atoms with Gasteiger partial charge in [0.15, 0.2) is 11.0 Å². The molecule has 0 aliphatic carbocycles. The number of rotatable bonds is 9. The fourth-order valence-electron chi connectivity index (χ4n) is 3.55. The highest BCUT2D eigenvalue weighted by Crippen LogP contribution is 2.38. The van der Waals surface area contributed by atoms with Gasteiger partial charge in [-0.25, -0.2) is 0 Å². The number of thioether (sulfide) groups is 1. The van der Waals surface area contributed by atoms with Crippen molar-refractivity contribution in [2.45, 2.75) is 23.9 Å². The average molecular weight is 471 g/mol. The lowest BCUT2D eigenvalue weighted by atomic mass is 10.1. The van der Waals surface area contributed by atoms with Gasteiger partial charge in [0.25, 0.3) is 0 Å². The molecule has 34 heavy (non-hydrogen) atoms. The summed E-state index contributed by atoms with van der Waals surface area (Å²) >= 11 is 1.36. The Morgan fingerprint density at radius 3 is 2.47 bits per heavy atom. The second kappa shape index (κ2) is 10.9. The lowest BCUT2D eigenvalue weighted by molar-refractivity contribution is -0.115. The zero-order valence-corrected chi connectivity index (χ0v) is 20.0. The van der Waals surface area contributed by atoms with Crippen molar-refractivity contribution in [2.24, 2.45) is 0 Å². The van der Waals surface area contributed by atoms with Crippen molar-refractivity contribution in [3.05, 3.63) is 103 Å².